The summed E-state index contributed by atoms with van der Waals surface area (Å²) >= 11 is 0. The fraction of sp³-hybridized carbons (Fsp3) is 0.417. The zero-order valence-corrected chi connectivity index (χ0v) is 9.53. The molecular weight excluding hydrogens is 206 g/mol. The fourth-order valence-corrected chi connectivity index (χ4v) is 1.74. The largest absolute Gasteiger partial charge is 0.454 e. The van der Waals surface area contributed by atoms with E-state index in [2.05, 4.69) is 0 Å². The number of ether oxygens (including phenoxy) is 2. The molecule has 0 saturated carbocycles. The molecule has 1 aromatic carbocycles. The van der Waals surface area contributed by atoms with Crippen LogP contribution >= 0.6 is 0 Å². The summed E-state index contributed by atoms with van der Waals surface area (Å²) in [7, 11) is 1.92. The number of benzene rings is 1. The second kappa shape index (κ2) is 4.53. The lowest BCUT2D eigenvalue weighted by atomic mass is 10.1. The van der Waals surface area contributed by atoms with Gasteiger partial charge in [-0.1, -0.05) is 0 Å². The standard InChI is InChI=1S/C12H15NO3/c1-9-5-11-12(16-8-15-11)6-10(9)7-13(2)3-4-14/h4-6H,3,7-8H2,1-2H3. The van der Waals surface area contributed by atoms with Crippen molar-refractivity contribution in [2.45, 2.75) is 13.5 Å². The summed E-state index contributed by atoms with van der Waals surface area (Å²) in [5, 5.41) is 0. The van der Waals surface area contributed by atoms with Gasteiger partial charge in [-0.3, -0.25) is 4.90 Å². The van der Waals surface area contributed by atoms with Gasteiger partial charge in [0, 0.05) is 6.54 Å². The molecule has 0 unspecified atom stereocenters. The topological polar surface area (TPSA) is 38.8 Å². The van der Waals surface area contributed by atoms with E-state index in [4.69, 9.17) is 9.47 Å². The molecule has 1 aliphatic heterocycles. The Balaban J connectivity index is 2.18. The molecule has 4 nitrogen and oxygen atoms in total. The van der Waals surface area contributed by atoms with Crippen LogP contribution in [0.5, 0.6) is 11.5 Å². The predicted octanol–water partition coefficient (Wildman–Crippen LogP) is 1.35. The maximum absolute atomic E-state index is 10.4. The number of carbonyl (C=O) groups is 1. The molecule has 2 rings (SSSR count). The van der Waals surface area contributed by atoms with Crippen LogP contribution in [0, 0.1) is 6.92 Å². The van der Waals surface area contributed by atoms with Gasteiger partial charge in [0.2, 0.25) is 6.79 Å². The van der Waals surface area contributed by atoms with Crippen molar-refractivity contribution in [2.24, 2.45) is 0 Å². The lowest BCUT2D eigenvalue weighted by Crippen LogP contribution is -2.20. The Kier molecular flexibility index (Phi) is 3.10. The summed E-state index contributed by atoms with van der Waals surface area (Å²) in [6.45, 7) is 3.50. The molecule has 0 radical (unpaired) electrons. The molecule has 0 spiro atoms. The van der Waals surface area contributed by atoms with Crippen LogP contribution in [0.3, 0.4) is 0 Å². The Labute approximate surface area is 94.8 Å². The number of likely N-dealkylation sites (N-methyl/N-ethyl adjacent to an activating group) is 1. The molecular formula is C12H15NO3. The van der Waals surface area contributed by atoms with E-state index < -0.39 is 0 Å². The van der Waals surface area contributed by atoms with Crippen LogP contribution < -0.4 is 9.47 Å². The van der Waals surface area contributed by atoms with Gasteiger partial charge in [0.1, 0.15) is 6.29 Å². The maximum Gasteiger partial charge on any atom is 0.231 e. The van der Waals surface area contributed by atoms with Gasteiger partial charge >= 0.3 is 0 Å². The molecule has 0 bridgehead atoms. The number of hydrogen-bond donors (Lipinski definition) is 0. The van der Waals surface area contributed by atoms with E-state index in [9.17, 15) is 4.79 Å². The van der Waals surface area contributed by atoms with E-state index in [-0.39, 0.29) is 0 Å². The maximum atomic E-state index is 10.4. The molecule has 16 heavy (non-hydrogen) atoms. The highest BCUT2D eigenvalue weighted by Gasteiger charge is 2.16. The van der Waals surface area contributed by atoms with Gasteiger partial charge in [0.05, 0.1) is 6.54 Å². The molecule has 0 N–H and O–H groups in total. The lowest BCUT2D eigenvalue weighted by Gasteiger charge is -2.15. The van der Waals surface area contributed by atoms with Crippen LogP contribution in [-0.2, 0) is 11.3 Å². The van der Waals surface area contributed by atoms with Crippen LogP contribution in [0.25, 0.3) is 0 Å². The Hall–Kier alpha value is -1.55. The second-order valence-electron chi connectivity index (χ2n) is 4.00. The summed E-state index contributed by atoms with van der Waals surface area (Å²) in [6, 6.07) is 3.96. The normalized spacial score (nSPS) is 13.2. The zero-order valence-electron chi connectivity index (χ0n) is 9.53. The highest BCUT2D eigenvalue weighted by molar-refractivity contribution is 5.52. The van der Waals surface area contributed by atoms with Crippen LogP contribution in [0.4, 0.5) is 0 Å². The van der Waals surface area contributed by atoms with E-state index in [0.717, 1.165) is 35.5 Å². The van der Waals surface area contributed by atoms with Gasteiger partial charge in [0.25, 0.3) is 0 Å². The summed E-state index contributed by atoms with van der Waals surface area (Å²) in [5.74, 6) is 1.60. The summed E-state index contributed by atoms with van der Waals surface area (Å²) < 4.78 is 10.6. The quantitative estimate of drug-likeness (QED) is 0.719. The minimum atomic E-state index is 0.294. The van der Waals surface area contributed by atoms with Crippen LogP contribution in [0.1, 0.15) is 11.1 Å². The molecule has 4 heteroatoms. The number of fused-ring (bicyclic) bond motifs is 1. The molecule has 1 aromatic rings. The zero-order chi connectivity index (χ0) is 11.5. The first-order chi connectivity index (χ1) is 7.70. The van der Waals surface area contributed by atoms with Gasteiger partial charge in [-0.15, -0.1) is 0 Å². The number of carbonyl (C=O) groups excluding carboxylic acids is 1. The van der Waals surface area contributed by atoms with E-state index in [1.807, 2.05) is 31.0 Å². The molecule has 0 saturated heterocycles. The number of aldehydes is 1. The molecule has 0 atom stereocenters. The third-order valence-electron chi connectivity index (χ3n) is 2.66. The summed E-state index contributed by atoms with van der Waals surface area (Å²) in [6.07, 6.45) is 0.905. The Morgan fingerprint density at radius 3 is 2.75 bits per heavy atom. The minimum Gasteiger partial charge on any atom is -0.454 e. The first-order valence-electron chi connectivity index (χ1n) is 5.22. The average molecular weight is 221 g/mol. The Morgan fingerprint density at radius 2 is 2.06 bits per heavy atom. The SMILES string of the molecule is Cc1cc2c(cc1CN(C)CC=O)OCO2. The highest BCUT2D eigenvalue weighted by atomic mass is 16.7. The first kappa shape index (κ1) is 11.0. The molecule has 0 aromatic heterocycles. The monoisotopic (exact) mass is 221 g/mol. The third-order valence-corrected chi connectivity index (χ3v) is 2.66. The van der Waals surface area contributed by atoms with Crippen molar-refractivity contribution in [3.05, 3.63) is 23.3 Å². The summed E-state index contributed by atoms with van der Waals surface area (Å²) in [5.41, 5.74) is 2.32. The summed E-state index contributed by atoms with van der Waals surface area (Å²) in [4.78, 5) is 12.3. The molecule has 0 amide bonds. The van der Waals surface area contributed by atoms with Crippen molar-refractivity contribution < 1.29 is 14.3 Å². The number of nitrogens with zero attached hydrogens (tertiary/aromatic N) is 1. The third kappa shape index (κ3) is 2.17. The van der Waals surface area contributed by atoms with Crippen molar-refractivity contribution in [1.82, 2.24) is 4.90 Å². The predicted molar refractivity (Wildman–Crippen MR) is 59.7 cm³/mol. The van der Waals surface area contributed by atoms with Crippen LogP contribution in [0.2, 0.25) is 0 Å². The Morgan fingerprint density at radius 1 is 1.38 bits per heavy atom. The van der Waals surface area contributed by atoms with Gasteiger partial charge in [-0.25, -0.2) is 0 Å². The minimum absolute atomic E-state index is 0.294. The van der Waals surface area contributed by atoms with E-state index in [1.54, 1.807) is 0 Å². The van der Waals surface area contributed by atoms with Gasteiger partial charge in [-0.05, 0) is 37.2 Å². The van der Waals surface area contributed by atoms with Crippen LogP contribution in [-0.4, -0.2) is 31.6 Å². The van der Waals surface area contributed by atoms with E-state index >= 15 is 0 Å². The molecule has 0 aliphatic carbocycles. The van der Waals surface area contributed by atoms with Crippen LogP contribution in [0.15, 0.2) is 12.1 Å². The second-order valence-corrected chi connectivity index (χ2v) is 4.00. The van der Waals surface area contributed by atoms with Crippen molar-refractivity contribution in [2.75, 3.05) is 20.4 Å². The van der Waals surface area contributed by atoms with Crippen molar-refractivity contribution in [3.8, 4) is 11.5 Å². The van der Waals surface area contributed by atoms with Gasteiger partial charge < -0.3 is 14.3 Å². The van der Waals surface area contributed by atoms with E-state index in [1.165, 1.54) is 0 Å². The molecule has 1 heterocycles. The van der Waals surface area contributed by atoms with Crippen molar-refractivity contribution in [1.29, 1.82) is 0 Å². The Bertz CT molecular complexity index is 403. The van der Waals surface area contributed by atoms with Gasteiger partial charge in [0.15, 0.2) is 11.5 Å². The molecule has 1 aliphatic rings. The smallest absolute Gasteiger partial charge is 0.231 e. The molecule has 86 valence electrons. The number of rotatable bonds is 4. The van der Waals surface area contributed by atoms with Crippen molar-refractivity contribution in [3.63, 3.8) is 0 Å². The highest BCUT2D eigenvalue weighted by Crippen LogP contribution is 2.34. The number of hydrogen-bond acceptors (Lipinski definition) is 4. The van der Waals surface area contributed by atoms with Crippen molar-refractivity contribution >= 4 is 6.29 Å². The lowest BCUT2D eigenvalue weighted by molar-refractivity contribution is -0.108. The van der Waals surface area contributed by atoms with E-state index in [0.29, 0.717) is 13.3 Å². The van der Waals surface area contributed by atoms with Gasteiger partial charge in [-0.2, -0.15) is 0 Å². The number of aryl methyl sites for hydroxylation is 1. The average Bonchev–Trinajstić information content (AvgIpc) is 2.65. The molecule has 0 fully saturated rings. The fourth-order valence-electron chi connectivity index (χ4n) is 1.74. The first-order valence-corrected chi connectivity index (χ1v) is 5.22.